The zero-order valence-corrected chi connectivity index (χ0v) is 8.98. The highest BCUT2D eigenvalue weighted by Crippen LogP contribution is 2.05. The third kappa shape index (κ3) is 3.21. The van der Waals surface area contributed by atoms with Gasteiger partial charge in [0.25, 0.3) is 0 Å². The molecular formula is C9H10INO. The molecule has 3 heteroatoms. The Balaban J connectivity index is 2.63. The number of hydrogen-bond donors (Lipinski definition) is 0. The van der Waals surface area contributed by atoms with Crippen molar-refractivity contribution in [1.82, 2.24) is 0 Å². The first kappa shape index (κ1) is 9.51. The normalized spacial score (nSPS) is 10.5. The fourth-order valence-corrected chi connectivity index (χ4v) is 1.33. The summed E-state index contributed by atoms with van der Waals surface area (Å²) < 4.78 is 1.20. The largest absolute Gasteiger partial charge is 0.396 e. The van der Waals surface area contributed by atoms with Crippen molar-refractivity contribution in [1.29, 1.82) is 0 Å². The molecule has 0 aliphatic rings. The van der Waals surface area contributed by atoms with E-state index in [9.17, 15) is 0 Å². The van der Waals surface area contributed by atoms with Gasteiger partial charge >= 0.3 is 0 Å². The lowest BCUT2D eigenvalue weighted by Crippen LogP contribution is -1.84. The highest BCUT2D eigenvalue weighted by atomic mass is 127. The van der Waals surface area contributed by atoms with Gasteiger partial charge in [0.15, 0.2) is 0 Å². The van der Waals surface area contributed by atoms with Gasteiger partial charge in [-0.3, -0.25) is 0 Å². The number of halogens is 1. The first-order chi connectivity index (χ1) is 5.83. The van der Waals surface area contributed by atoms with Crippen LogP contribution in [0.2, 0.25) is 0 Å². The smallest absolute Gasteiger partial charge is 0.114 e. The average molecular weight is 275 g/mol. The van der Waals surface area contributed by atoms with Crippen molar-refractivity contribution < 1.29 is 4.84 Å². The second kappa shape index (κ2) is 5.13. The molecule has 2 nitrogen and oxygen atoms in total. The Morgan fingerprint density at radius 1 is 1.58 bits per heavy atom. The lowest BCUT2D eigenvalue weighted by atomic mass is 10.2. The van der Waals surface area contributed by atoms with E-state index in [0.29, 0.717) is 6.61 Å². The molecule has 0 bridgehead atoms. The fourth-order valence-electron chi connectivity index (χ4n) is 0.760. The Bertz CT molecular complexity index is 273. The topological polar surface area (TPSA) is 21.6 Å². The molecule has 0 atom stereocenters. The summed E-state index contributed by atoms with van der Waals surface area (Å²) in [6.45, 7) is 2.52. The molecule has 0 heterocycles. The molecule has 0 spiro atoms. The molecule has 0 unspecified atom stereocenters. The molecule has 0 aliphatic heterocycles. The van der Waals surface area contributed by atoms with Gasteiger partial charge in [-0.15, -0.1) is 0 Å². The lowest BCUT2D eigenvalue weighted by molar-refractivity contribution is 0.160. The third-order valence-electron chi connectivity index (χ3n) is 1.25. The molecule has 0 saturated heterocycles. The first-order valence-corrected chi connectivity index (χ1v) is 4.81. The molecule has 1 aromatic rings. The van der Waals surface area contributed by atoms with Crippen LogP contribution in [-0.4, -0.2) is 12.8 Å². The minimum Gasteiger partial charge on any atom is -0.396 e. The van der Waals surface area contributed by atoms with Gasteiger partial charge in [0, 0.05) is 3.57 Å². The van der Waals surface area contributed by atoms with E-state index in [-0.39, 0.29) is 0 Å². The highest BCUT2D eigenvalue weighted by Gasteiger charge is 1.88. The Kier molecular flexibility index (Phi) is 4.07. The minimum absolute atomic E-state index is 0.612. The van der Waals surface area contributed by atoms with Crippen LogP contribution in [0.1, 0.15) is 12.5 Å². The second-order valence-corrected chi connectivity index (χ2v) is 3.45. The Hall–Kier alpha value is -0.580. The zero-order chi connectivity index (χ0) is 8.81. The van der Waals surface area contributed by atoms with Gasteiger partial charge in [-0.05, 0) is 47.2 Å². The van der Waals surface area contributed by atoms with Gasteiger partial charge in [-0.25, -0.2) is 0 Å². The molecule has 1 aromatic carbocycles. The summed E-state index contributed by atoms with van der Waals surface area (Å²) in [6.07, 6.45) is 1.71. The molecule has 0 radical (unpaired) electrons. The number of oxime groups is 1. The van der Waals surface area contributed by atoms with E-state index in [4.69, 9.17) is 4.84 Å². The summed E-state index contributed by atoms with van der Waals surface area (Å²) in [5.74, 6) is 0. The van der Waals surface area contributed by atoms with Crippen LogP contribution < -0.4 is 0 Å². The lowest BCUT2D eigenvalue weighted by Gasteiger charge is -1.93. The zero-order valence-electron chi connectivity index (χ0n) is 6.83. The van der Waals surface area contributed by atoms with Crippen LogP contribution in [0.15, 0.2) is 29.4 Å². The highest BCUT2D eigenvalue weighted by molar-refractivity contribution is 14.1. The summed E-state index contributed by atoms with van der Waals surface area (Å²) in [4.78, 5) is 4.84. The van der Waals surface area contributed by atoms with E-state index >= 15 is 0 Å². The van der Waals surface area contributed by atoms with Gasteiger partial charge in [-0.2, -0.15) is 0 Å². The van der Waals surface area contributed by atoms with Crippen molar-refractivity contribution in [2.45, 2.75) is 6.92 Å². The van der Waals surface area contributed by atoms with E-state index in [1.165, 1.54) is 3.57 Å². The fraction of sp³-hybridized carbons (Fsp3) is 0.222. The predicted molar refractivity (Wildman–Crippen MR) is 58.4 cm³/mol. The monoisotopic (exact) mass is 275 g/mol. The molecule has 0 fully saturated rings. The number of rotatable bonds is 3. The van der Waals surface area contributed by atoms with Crippen LogP contribution >= 0.6 is 22.6 Å². The van der Waals surface area contributed by atoms with Crippen LogP contribution in [0, 0.1) is 3.57 Å². The SMILES string of the molecule is CCO/N=C/c1cccc(I)c1. The molecule has 0 N–H and O–H groups in total. The number of benzene rings is 1. The maximum atomic E-state index is 4.84. The molecule has 0 aliphatic carbocycles. The van der Waals surface area contributed by atoms with E-state index in [1.807, 2.05) is 31.2 Å². The first-order valence-electron chi connectivity index (χ1n) is 3.74. The Morgan fingerprint density at radius 3 is 3.08 bits per heavy atom. The van der Waals surface area contributed by atoms with E-state index in [2.05, 4.69) is 27.7 Å². The number of nitrogens with zero attached hydrogens (tertiary/aromatic N) is 1. The van der Waals surface area contributed by atoms with E-state index in [0.717, 1.165) is 5.56 Å². The Labute approximate surface area is 85.8 Å². The van der Waals surface area contributed by atoms with Crippen molar-refractivity contribution in [3.8, 4) is 0 Å². The summed E-state index contributed by atoms with van der Waals surface area (Å²) in [5.41, 5.74) is 1.07. The Morgan fingerprint density at radius 2 is 2.42 bits per heavy atom. The summed E-state index contributed by atoms with van der Waals surface area (Å²) in [6, 6.07) is 8.07. The quantitative estimate of drug-likeness (QED) is 0.472. The molecule has 0 amide bonds. The van der Waals surface area contributed by atoms with Crippen molar-refractivity contribution in [2.75, 3.05) is 6.61 Å². The second-order valence-electron chi connectivity index (χ2n) is 2.21. The minimum atomic E-state index is 0.612. The van der Waals surface area contributed by atoms with Crippen LogP contribution in [0.4, 0.5) is 0 Å². The molecule has 0 aromatic heterocycles. The molecule has 0 saturated carbocycles. The van der Waals surface area contributed by atoms with Crippen molar-refractivity contribution in [2.24, 2.45) is 5.16 Å². The van der Waals surface area contributed by atoms with Gasteiger partial charge < -0.3 is 4.84 Å². The molecule has 64 valence electrons. The predicted octanol–water partition coefficient (Wildman–Crippen LogP) is 2.66. The van der Waals surface area contributed by atoms with Gasteiger partial charge in [0.05, 0.1) is 6.21 Å². The van der Waals surface area contributed by atoms with E-state index < -0.39 is 0 Å². The number of hydrogen-bond acceptors (Lipinski definition) is 2. The standard InChI is InChI=1S/C9H10INO/c1-2-12-11-7-8-4-3-5-9(10)6-8/h3-7H,2H2,1H3/b11-7+. The van der Waals surface area contributed by atoms with Gasteiger partial charge in [-0.1, -0.05) is 17.3 Å². The van der Waals surface area contributed by atoms with E-state index in [1.54, 1.807) is 6.21 Å². The molecule has 1 rings (SSSR count). The van der Waals surface area contributed by atoms with Gasteiger partial charge in [0.2, 0.25) is 0 Å². The van der Waals surface area contributed by atoms with Crippen LogP contribution in [-0.2, 0) is 4.84 Å². The maximum absolute atomic E-state index is 4.84. The molecule has 12 heavy (non-hydrogen) atoms. The maximum Gasteiger partial charge on any atom is 0.114 e. The third-order valence-corrected chi connectivity index (χ3v) is 1.93. The van der Waals surface area contributed by atoms with Gasteiger partial charge in [0.1, 0.15) is 6.61 Å². The van der Waals surface area contributed by atoms with Crippen molar-refractivity contribution in [3.05, 3.63) is 33.4 Å². The average Bonchev–Trinajstić information content (AvgIpc) is 2.05. The summed E-state index contributed by atoms with van der Waals surface area (Å²) >= 11 is 2.26. The van der Waals surface area contributed by atoms with Crippen LogP contribution in [0.3, 0.4) is 0 Å². The van der Waals surface area contributed by atoms with Crippen LogP contribution in [0.25, 0.3) is 0 Å². The van der Waals surface area contributed by atoms with Crippen molar-refractivity contribution >= 4 is 28.8 Å². The summed E-state index contributed by atoms with van der Waals surface area (Å²) in [7, 11) is 0. The molecular weight excluding hydrogens is 265 g/mol. The summed E-state index contributed by atoms with van der Waals surface area (Å²) in [5, 5.41) is 3.77. The van der Waals surface area contributed by atoms with Crippen LogP contribution in [0.5, 0.6) is 0 Å². The van der Waals surface area contributed by atoms with Crippen molar-refractivity contribution in [3.63, 3.8) is 0 Å².